The molecule has 0 N–H and O–H groups in total. The quantitative estimate of drug-likeness (QED) is 0.715. The Hall–Kier alpha value is -1.16. The van der Waals surface area contributed by atoms with Crippen molar-refractivity contribution in [1.29, 1.82) is 0 Å². The molecule has 0 bridgehead atoms. The van der Waals surface area contributed by atoms with Crippen LogP contribution in [-0.2, 0) is 26.9 Å². The molecule has 1 aromatic rings. The summed E-state index contributed by atoms with van der Waals surface area (Å²) in [7, 11) is -0.935. The largest absolute Gasteiger partial charge is 0.461 e. The van der Waals surface area contributed by atoms with Crippen LogP contribution in [0.3, 0.4) is 0 Å². The molecule has 1 rings (SSSR count). The molecule has 0 amide bonds. The van der Waals surface area contributed by atoms with Gasteiger partial charge in [0.1, 0.15) is 6.61 Å². The van der Waals surface area contributed by atoms with E-state index in [4.69, 9.17) is 4.74 Å². The highest BCUT2D eigenvalue weighted by atomic mass is 32.2. The van der Waals surface area contributed by atoms with Gasteiger partial charge in [0.15, 0.2) is 0 Å². The minimum atomic E-state index is -0.935. The Balaban J connectivity index is 2.26. The molecule has 0 fully saturated rings. The summed E-state index contributed by atoms with van der Waals surface area (Å²) in [6.07, 6.45) is 1.79. The van der Waals surface area contributed by atoms with E-state index in [-0.39, 0.29) is 19.0 Å². The van der Waals surface area contributed by atoms with Crippen molar-refractivity contribution in [2.45, 2.75) is 13.0 Å². The van der Waals surface area contributed by atoms with Gasteiger partial charge in [0.25, 0.3) is 0 Å². The van der Waals surface area contributed by atoms with Gasteiger partial charge in [-0.2, -0.15) is 0 Å². The first-order chi connectivity index (χ1) is 7.18. The fourth-order valence-corrected chi connectivity index (χ4v) is 1.49. The minimum Gasteiger partial charge on any atom is -0.461 e. The zero-order chi connectivity index (χ0) is 11.1. The van der Waals surface area contributed by atoms with Crippen LogP contribution < -0.4 is 0 Å². The first-order valence-corrected chi connectivity index (χ1v) is 6.41. The minimum absolute atomic E-state index is 0.218. The molecule has 0 aliphatic heterocycles. The molecule has 0 heterocycles. The van der Waals surface area contributed by atoms with Crippen molar-refractivity contribution in [2.75, 3.05) is 12.0 Å². The molecule has 0 aliphatic carbocycles. The van der Waals surface area contributed by atoms with Gasteiger partial charge in [0, 0.05) is 22.8 Å². The maximum absolute atomic E-state index is 11.2. The Kier molecular flexibility index (Phi) is 5.04. The second-order valence-corrected chi connectivity index (χ2v) is 4.73. The summed E-state index contributed by atoms with van der Waals surface area (Å²) in [5.41, 5.74) is 0.962. The first-order valence-electron chi connectivity index (χ1n) is 4.68. The van der Waals surface area contributed by atoms with Gasteiger partial charge in [-0.3, -0.25) is 9.00 Å². The van der Waals surface area contributed by atoms with Gasteiger partial charge in [-0.25, -0.2) is 0 Å². The normalized spacial score (nSPS) is 12.1. The highest BCUT2D eigenvalue weighted by Gasteiger charge is 2.04. The fraction of sp³-hybridized carbons (Fsp3) is 0.364. The number of ether oxygens (including phenoxy) is 1. The standard InChI is InChI=1S/C11H14O3S/c1-15(13)8-7-11(12)14-9-10-5-3-2-4-6-10/h2-6H,7-9H2,1H3. The Morgan fingerprint density at radius 1 is 1.33 bits per heavy atom. The molecule has 1 aromatic carbocycles. The lowest BCUT2D eigenvalue weighted by Gasteiger charge is -2.03. The van der Waals surface area contributed by atoms with Crippen LogP contribution in [-0.4, -0.2) is 22.2 Å². The lowest BCUT2D eigenvalue weighted by molar-refractivity contribution is -0.144. The molecular weight excluding hydrogens is 212 g/mol. The lowest BCUT2D eigenvalue weighted by atomic mass is 10.2. The van der Waals surface area contributed by atoms with Gasteiger partial charge < -0.3 is 4.74 Å². The summed E-state index contributed by atoms with van der Waals surface area (Å²) >= 11 is 0. The van der Waals surface area contributed by atoms with E-state index in [0.717, 1.165) is 5.56 Å². The van der Waals surface area contributed by atoms with Crippen LogP contribution in [0.4, 0.5) is 0 Å². The van der Waals surface area contributed by atoms with E-state index in [1.807, 2.05) is 30.3 Å². The second-order valence-electron chi connectivity index (χ2n) is 3.17. The fourth-order valence-electron chi connectivity index (χ4n) is 1.04. The highest BCUT2D eigenvalue weighted by Crippen LogP contribution is 2.01. The average molecular weight is 226 g/mol. The molecule has 0 radical (unpaired) electrons. The van der Waals surface area contributed by atoms with Crippen LogP contribution in [0, 0.1) is 0 Å². The van der Waals surface area contributed by atoms with E-state index in [2.05, 4.69) is 0 Å². The van der Waals surface area contributed by atoms with Crippen LogP contribution in [0.15, 0.2) is 30.3 Å². The molecule has 0 spiro atoms. The number of carbonyl (C=O) groups is 1. The molecule has 3 nitrogen and oxygen atoms in total. The molecular formula is C11H14O3S. The molecule has 82 valence electrons. The van der Waals surface area contributed by atoms with Gasteiger partial charge in [0.2, 0.25) is 0 Å². The average Bonchev–Trinajstić information content (AvgIpc) is 2.25. The van der Waals surface area contributed by atoms with Crippen molar-refractivity contribution in [3.05, 3.63) is 35.9 Å². The molecule has 0 saturated carbocycles. The Bertz CT molecular complexity index is 335. The van der Waals surface area contributed by atoms with Crippen LogP contribution in [0.5, 0.6) is 0 Å². The number of esters is 1. The van der Waals surface area contributed by atoms with Gasteiger partial charge in [-0.1, -0.05) is 30.3 Å². The maximum atomic E-state index is 11.2. The summed E-state index contributed by atoms with van der Waals surface area (Å²) in [4.78, 5) is 11.2. The van der Waals surface area contributed by atoms with Crippen molar-refractivity contribution >= 4 is 16.8 Å². The molecule has 0 saturated heterocycles. The smallest absolute Gasteiger partial charge is 0.307 e. The third-order valence-electron chi connectivity index (χ3n) is 1.84. The molecule has 15 heavy (non-hydrogen) atoms. The zero-order valence-electron chi connectivity index (χ0n) is 8.64. The van der Waals surface area contributed by atoms with Gasteiger partial charge >= 0.3 is 5.97 Å². The molecule has 4 heteroatoms. The van der Waals surface area contributed by atoms with Crippen molar-refractivity contribution in [3.8, 4) is 0 Å². The summed E-state index contributed by atoms with van der Waals surface area (Å²) in [6.45, 7) is 0.288. The first kappa shape index (κ1) is 11.9. The predicted molar refractivity (Wildman–Crippen MR) is 59.8 cm³/mol. The Morgan fingerprint density at radius 2 is 2.00 bits per heavy atom. The third-order valence-corrected chi connectivity index (χ3v) is 2.62. The van der Waals surface area contributed by atoms with Gasteiger partial charge in [0.05, 0.1) is 6.42 Å². The van der Waals surface area contributed by atoms with E-state index in [0.29, 0.717) is 5.75 Å². The van der Waals surface area contributed by atoms with Crippen LogP contribution in [0.2, 0.25) is 0 Å². The zero-order valence-corrected chi connectivity index (χ0v) is 9.46. The number of hydrogen-bond donors (Lipinski definition) is 0. The van der Waals surface area contributed by atoms with Gasteiger partial charge in [-0.15, -0.1) is 0 Å². The lowest BCUT2D eigenvalue weighted by Crippen LogP contribution is -2.08. The van der Waals surface area contributed by atoms with Crippen molar-refractivity contribution in [1.82, 2.24) is 0 Å². The molecule has 1 unspecified atom stereocenters. The van der Waals surface area contributed by atoms with E-state index in [9.17, 15) is 9.00 Å². The summed E-state index contributed by atoms with van der Waals surface area (Å²) in [6, 6.07) is 9.48. The van der Waals surface area contributed by atoms with Crippen LogP contribution >= 0.6 is 0 Å². The molecule has 0 aromatic heterocycles. The summed E-state index contributed by atoms with van der Waals surface area (Å²) < 4.78 is 15.7. The summed E-state index contributed by atoms with van der Waals surface area (Å²) in [5.74, 6) is 0.0715. The SMILES string of the molecule is CS(=O)CCC(=O)OCc1ccccc1. The van der Waals surface area contributed by atoms with Crippen molar-refractivity contribution in [2.24, 2.45) is 0 Å². The second kappa shape index (κ2) is 6.35. The van der Waals surface area contributed by atoms with Crippen molar-refractivity contribution < 1.29 is 13.7 Å². The number of hydrogen-bond acceptors (Lipinski definition) is 3. The highest BCUT2D eigenvalue weighted by molar-refractivity contribution is 7.84. The molecule has 1 atom stereocenters. The van der Waals surface area contributed by atoms with Crippen LogP contribution in [0.25, 0.3) is 0 Å². The Morgan fingerprint density at radius 3 is 2.60 bits per heavy atom. The van der Waals surface area contributed by atoms with E-state index < -0.39 is 10.8 Å². The topological polar surface area (TPSA) is 43.4 Å². The van der Waals surface area contributed by atoms with Crippen LogP contribution in [0.1, 0.15) is 12.0 Å². The number of benzene rings is 1. The third kappa shape index (κ3) is 5.32. The van der Waals surface area contributed by atoms with E-state index in [1.54, 1.807) is 6.26 Å². The van der Waals surface area contributed by atoms with E-state index in [1.165, 1.54) is 0 Å². The van der Waals surface area contributed by atoms with E-state index >= 15 is 0 Å². The predicted octanol–water partition coefficient (Wildman–Crippen LogP) is 1.50. The maximum Gasteiger partial charge on any atom is 0.307 e. The number of rotatable bonds is 5. The number of carbonyl (C=O) groups excluding carboxylic acids is 1. The van der Waals surface area contributed by atoms with Crippen molar-refractivity contribution in [3.63, 3.8) is 0 Å². The van der Waals surface area contributed by atoms with Gasteiger partial charge in [-0.05, 0) is 5.56 Å². The monoisotopic (exact) mass is 226 g/mol. The Labute approximate surface area is 91.9 Å². The summed E-state index contributed by atoms with van der Waals surface area (Å²) in [5, 5.41) is 0. The molecule has 0 aliphatic rings.